The lowest BCUT2D eigenvalue weighted by molar-refractivity contribution is -0.132. The summed E-state index contributed by atoms with van der Waals surface area (Å²) in [7, 11) is 2.97. The van der Waals surface area contributed by atoms with E-state index in [1.165, 1.54) is 19.1 Å². The zero-order valence-electron chi connectivity index (χ0n) is 22.1. The second-order valence-electron chi connectivity index (χ2n) is 8.90. The highest BCUT2D eigenvalue weighted by Crippen LogP contribution is 2.44. The molecule has 1 atom stereocenters. The molecule has 0 saturated carbocycles. The first-order valence-corrected chi connectivity index (χ1v) is 12.3. The van der Waals surface area contributed by atoms with Crippen molar-refractivity contribution in [3.63, 3.8) is 0 Å². The minimum Gasteiger partial charge on any atom is -0.507 e. The summed E-state index contributed by atoms with van der Waals surface area (Å²) in [5.41, 5.74) is 1.29. The molecule has 1 unspecified atom stereocenters. The molecule has 8 heteroatoms. The topological polar surface area (TPSA) is 94.5 Å². The number of aliphatic hydroxyl groups is 1. The van der Waals surface area contributed by atoms with Gasteiger partial charge in [0.05, 0.1) is 44.1 Å². The number of methoxy groups -OCH3 is 2. The number of rotatable bonds is 9. The van der Waals surface area contributed by atoms with Gasteiger partial charge in [-0.3, -0.25) is 14.5 Å². The predicted molar refractivity (Wildman–Crippen MR) is 144 cm³/mol. The number of carbonyl (C=O) groups excluding carboxylic acids is 2. The molecule has 1 heterocycles. The number of aliphatic hydroxyl groups excluding tert-OH is 1. The molecule has 38 heavy (non-hydrogen) atoms. The molecule has 1 N–H and O–H groups in total. The summed E-state index contributed by atoms with van der Waals surface area (Å²) >= 11 is 0. The lowest BCUT2D eigenvalue weighted by Crippen LogP contribution is -2.29. The highest BCUT2D eigenvalue weighted by molar-refractivity contribution is 6.51. The van der Waals surface area contributed by atoms with Gasteiger partial charge in [0, 0.05) is 17.8 Å². The van der Waals surface area contributed by atoms with Crippen LogP contribution >= 0.6 is 0 Å². The molecule has 8 nitrogen and oxygen atoms in total. The fraction of sp³-hybridized carbons (Fsp3) is 0.267. The zero-order valence-corrected chi connectivity index (χ0v) is 22.1. The molecule has 198 valence electrons. The van der Waals surface area contributed by atoms with Gasteiger partial charge in [-0.1, -0.05) is 18.2 Å². The molecule has 3 aromatic carbocycles. The number of amides is 1. The maximum absolute atomic E-state index is 13.5. The van der Waals surface area contributed by atoms with Crippen LogP contribution in [0.5, 0.6) is 23.0 Å². The Morgan fingerprint density at radius 1 is 0.921 bits per heavy atom. The molecule has 1 aliphatic rings. The van der Waals surface area contributed by atoms with E-state index in [9.17, 15) is 14.7 Å². The van der Waals surface area contributed by atoms with Crippen molar-refractivity contribution in [1.29, 1.82) is 0 Å². The molecule has 0 bridgehead atoms. The van der Waals surface area contributed by atoms with E-state index in [0.717, 1.165) is 0 Å². The van der Waals surface area contributed by atoms with Crippen molar-refractivity contribution in [2.24, 2.45) is 0 Å². The van der Waals surface area contributed by atoms with E-state index in [1.54, 1.807) is 66.7 Å². The molecule has 3 aromatic rings. The van der Waals surface area contributed by atoms with Crippen LogP contribution in [0.15, 0.2) is 72.3 Å². The lowest BCUT2D eigenvalue weighted by atomic mass is 9.94. The van der Waals surface area contributed by atoms with Crippen molar-refractivity contribution in [3.05, 3.63) is 83.4 Å². The van der Waals surface area contributed by atoms with Crippen molar-refractivity contribution in [3.8, 4) is 23.0 Å². The number of nitrogens with zero attached hydrogens (tertiary/aromatic N) is 1. The van der Waals surface area contributed by atoms with Gasteiger partial charge in [-0.25, -0.2) is 0 Å². The van der Waals surface area contributed by atoms with Crippen LogP contribution in [0.4, 0.5) is 5.69 Å². The third kappa shape index (κ3) is 5.16. The van der Waals surface area contributed by atoms with Gasteiger partial charge >= 0.3 is 0 Å². The number of hydrogen-bond donors (Lipinski definition) is 1. The maximum Gasteiger partial charge on any atom is 0.300 e. The molecule has 1 amide bonds. The van der Waals surface area contributed by atoms with Crippen LogP contribution in [0.25, 0.3) is 5.76 Å². The Hall–Kier alpha value is -4.46. The molecular weight excluding hydrogens is 486 g/mol. The van der Waals surface area contributed by atoms with Crippen LogP contribution in [0.1, 0.15) is 37.9 Å². The van der Waals surface area contributed by atoms with Crippen LogP contribution in [-0.2, 0) is 9.59 Å². The summed E-state index contributed by atoms with van der Waals surface area (Å²) in [4.78, 5) is 28.4. The Morgan fingerprint density at radius 2 is 1.63 bits per heavy atom. The van der Waals surface area contributed by atoms with Crippen molar-refractivity contribution in [2.45, 2.75) is 32.9 Å². The summed E-state index contributed by atoms with van der Waals surface area (Å²) in [6, 6.07) is 18.0. The average Bonchev–Trinajstić information content (AvgIpc) is 3.18. The Bertz CT molecular complexity index is 1360. The number of benzene rings is 3. The molecule has 0 radical (unpaired) electrons. The van der Waals surface area contributed by atoms with Crippen molar-refractivity contribution in [1.82, 2.24) is 0 Å². The first-order chi connectivity index (χ1) is 18.3. The predicted octanol–water partition coefficient (Wildman–Crippen LogP) is 5.52. The number of anilines is 1. The third-order valence-electron chi connectivity index (χ3n) is 6.08. The fourth-order valence-corrected chi connectivity index (χ4v) is 4.44. The highest BCUT2D eigenvalue weighted by Gasteiger charge is 2.47. The van der Waals surface area contributed by atoms with Crippen molar-refractivity contribution in [2.75, 3.05) is 25.7 Å². The van der Waals surface area contributed by atoms with Crippen molar-refractivity contribution < 1.29 is 33.6 Å². The van der Waals surface area contributed by atoms with Crippen LogP contribution in [0.2, 0.25) is 0 Å². The number of ketones is 1. The molecule has 1 saturated heterocycles. The zero-order chi connectivity index (χ0) is 27.4. The van der Waals surface area contributed by atoms with E-state index >= 15 is 0 Å². The maximum atomic E-state index is 13.5. The van der Waals surface area contributed by atoms with Crippen LogP contribution < -0.4 is 23.8 Å². The standard InChI is InChI=1S/C30H31NO7/c1-6-37-23-9-7-8-20(16-23)31-27(19-10-12-21(13-11-19)38-18(2)3)26(29(33)30(31)34)28(32)24-15-14-22(35-4)17-25(24)36-5/h7-18,27,32H,6H2,1-5H3/b28-26-. The first-order valence-electron chi connectivity index (χ1n) is 12.3. The quantitative estimate of drug-likeness (QED) is 0.227. The van der Waals surface area contributed by atoms with E-state index in [4.69, 9.17) is 18.9 Å². The Balaban J connectivity index is 1.91. The molecule has 1 fully saturated rings. The summed E-state index contributed by atoms with van der Waals surface area (Å²) < 4.78 is 22.1. The smallest absolute Gasteiger partial charge is 0.300 e. The number of Topliss-reactive ketones (excluding diaryl/α,β-unsaturated/α-hetero) is 1. The summed E-state index contributed by atoms with van der Waals surface area (Å²) in [6.07, 6.45) is -0.0182. The van der Waals surface area contributed by atoms with Gasteiger partial charge < -0.3 is 24.1 Å². The van der Waals surface area contributed by atoms with Crippen LogP contribution in [-0.4, -0.2) is 43.7 Å². The molecule has 0 spiro atoms. The first kappa shape index (κ1) is 26.6. The van der Waals surface area contributed by atoms with Crippen LogP contribution in [0, 0.1) is 0 Å². The fourth-order valence-electron chi connectivity index (χ4n) is 4.44. The Kier molecular flexibility index (Phi) is 7.90. The molecule has 0 aromatic heterocycles. The number of ether oxygens (including phenoxy) is 4. The number of carbonyl (C=O) groups is 2. The van der Waals surface area contributed by atoms with Crippen LogP contribution in [0.3, 0.4) is 0 Å². The van der Waals surface area contributed by atoms with E-state index in [2.05, 4.69) is 0 Å². The monoisotopic (exact) mass is 517 g/mol. The van der Waals surface area contributed by atoms with Gasteiger partial charge in [0.25, 0.3) is 11.7 Å². The molecular formula is C30H31NO7. The average molecular weight is 518 g/mol. The second-order valence-corrected chi connectivity index (χ2v) is 8.90. The van der Waals surface area contributed by atoms with E-state index in [0.29, 0.717) is 40.9 Å². The minimum absolute atomic E-state index is 0.0182. The second kappa shape index (κ2) is 11.3. The Morgan fingerprint density at radius 3 is 2.26 bits per heavy atom. The van der Waals surface area contributed by atoms with Gasteiger partial charge in [-0.15, -0.1) is 0 Å². The lowest BCUT2D eigenvalue weighted by Gasteiger charge is -2.26. The third-order valence-corrected chi connectivity index (χ3v) is 6.08. The summed E-state index contributed by atoms with van der Waals surface area (Å²) in [6.45, 7) is 6.16. The number of hydrogen-bond acceptors (Lipinski definition) is 7. The SMILES string of the molecule is CCOc1cccc(N2C(=O)C(=O)/C(=C(\O)c3ccc(OC)cc3OC)C2c2ccc(OC(C)C)cc2)c1. The Labute approximate surface area is 222 Å². The van der Waals surface area contributed by atoms with E-state index in [1.807, 2.05) is 20.8 Å². The van der Waals surface area contributed by atoms with E-state index in [-0.39, 0.29) is 23.0 Å². The minimum atomic E-state index is -0.910. The van der Waals surface area contributed by atoms with Gasteiger partial charge in [-0.2, -0.15) is 0 Å². The highest BCUT2D eigenvalue weighted by atomic mass is 16.5. The largest absolute Gasteiger partial charge is 0.507 e. The van der Waals surface area contributed by atoms with Gasteiger partial charge in [0.1, 0.15) is 28.8 Å². The molecule has 1 aliphatic heterocycles. The summed E-state index contributed by atoms with van der Waals surface area (Å²) in [5, 5.41) is 11.5. The van der Waals surface area contributed by atoms with Gasteiger partial charge in [0.2, 0.25) is 0 Å². The van der Waals surface area contributed by atoms with Crippen molar-refractivity contribution >= 4 is 23.1 Å². The van der Waals surface area contributed by atoms with Gasteiger partial charge in [0.15, 0.2) is 0 Å². The van der Waals surface area contributed by atoms with E-state index < -0.39 is 17.7 Å². The van der Waals surface area contributed by atoms with Gasteiger partial charge in [-0.05, 0) is 62.7 Å². The molecule has 4 rings (SSSR count). The normalized spacial score (nSPS) is 16.6. The molecule has 0 aliphatic carbocycles. The summed E-state index contributed by atoms with van der Waals surface area (Å²) in [5.74, 6) is 0.0995.